The molecule has 1 aromatic heterocycles. The van der Waals surface area contributed by atoms with Crippen LogP contribution in [0.4, 0.5) is 4.39 Å². The molecule has 152 valence electrons. The molecular weight excluding hydrogens is 357 g/mol. The van der Waals surface area contributed by atoms with Gasteiger partial charge in [0.15, 0.2) is 5.96 Å². The molecule has 1 fully saturated rings. The maximum Gasteiger partial charge on any atom is 0.194 e. The minimum absolute atomic E-state index is 0.172. The fourth-order valence-electron chi connectivity index (χ4n) is 3.46. The van der Waals surface area contributed by atoms with Crippen LogP contribution in [-0.4, -0.2) is 60.2 Å². The lowest BCUT2D eigenvalue weighted by Crippen LogP contribution is -2.52. The first-order valence-corrected chi connectivity index (χ1v) is 9.89. The normalized spacial score (nSPS) is 16.4. The number of halogens is 1. The van der Waals surface area contributed by atoms with Crippen LogP contribution in [0, 0.1) is 5.82 Å². The van der Waals surface area contributed by atoms with Crippen LogP contribution < -0.4 is 5.32 Å². The van der Waals surface area contributed by atoms with E-state index in [4.69, 9.17) is 9.52 Å². The second-order valence-corrected chi connectivity index (χ2v) is 7.79. The summed E-state index contributed by atoms with van der Waals surface area (Å²) in [6, 6.07) is 8.87. The van der Waals surface area contributed by atoms with Crippen LogP contribution >= 0.6 is 0 Å². The minimum Gasteiger partial charge on any atom is -0.364 e. The summed E-state index contributed by atoms with van der Waals surface area (Å²) in [5.41, 5.74) is 1.29. The zero-order valence-corrected chi connectivity index (χ0v) is 17.0. The molecule has 2 heterocycles. The Hall–Kier alpha value is -2.41. The maximum atomic E-state index is 14.2. The van der Waals surface area contributed by atoms with E-state index in [-0.39, 0.29) is 11.2 Å². The van der Waals surface area contributed by atoms with Crippen LogP contribution in [0.1, 0.15) is 32.0 Å². The summed E-state index contributed by atoms with van der Waals surface area (Å²) >= 11 is 0. The highest BCUT2D eigenvalue weighted by atomic mass is 19.1. The van der Waals surface area contributed by atoms with Crippen LogP contribution in [0.3, 0.4) is 0 Å². The summed E-state index contributed by atoms with van der Waals surface area (Å²) in [6.45, 7) is 11.9. The van der Waals surface area contributed by atoms with Crippen molar-refractivity contribution in [2.45, 2.75) is 32.7 Å². The largest absolute Gasteiger partial charge is 0.364 e. The van der Waals surface area contributed by atoms with Gasteiger partial charge in [0.05, 0.1) is 12.2 Å². The molecule has 28 heavy (non-hydrogen) atoms. The van der Waals surface area contributed by atoms with Gasteiger partial charge in [0.2, 0.25) is 0 Å². The highest BCUT2D eigenvalue weighted by molar-refractivity contribution is 5.80. The third-order valence-corrected chi connectivity index (χ3v) is 5.11. The summed E-state index contributed by atoms with van der Waals surface area (Å²) in [5.74, 6) is 0.724. The number of nitrogens with zero attached hydrogens (tertiary/aromatic N) is 4. The Balaban J connectivity index is 1.62. The lowest BCUT2D eigenvalue weighted by atomic mass is 9.84. The van der Waals surface area contributed by atoms with Crippen LogP contribution in [0.5, 0.6) is 0 Å². The van der Waals surface area contributed by atoms with Crippen molar-refractivity contribution in [2.24, 2.45) is 4.99 Å². The number of piperazine rings is 1. The highest BCUT2D eigenvalue weighted by Gasteiger charge is 2.25. The molecule has 0 atom stereocenters. The highest BCUT2D eigenvalue weighted by Crippen LogP contribution is 2.26. The van der Waals surface area contributed by atoms with E-state index in [0.717, 1.165) is 50.9 Å². The molecule has 1 aromatic carbocycles. The number of hydrogen-bond acceptors (Lipinski definition) is 4. The van der Waals surface area contributed by atoms with Crippen molar-refractivity contribution in [3.05, 3.63) is 53.7 Å². The number of guanidine groups is 1. The number of nitrogens with one attached hydrogen (secondary N) is 1. The standard InChI is InChI=1S/C21H30FN5O/c1-4-23-20(24-16-21(2,3)18-7-5-6-8-19(18)22)27-12-10-26(11-13-27)15-17-9-14-28-25-17/h5-9,14H,4,10-13,15-16H2,1-3H3,(H,23,24). The molecule has 2 aromatic rings. The molecule has 0 saturated carbocycles. The minimum atomic E-state index is -0.374. The topological polar surface area (TPSA) is 56.9 Å². The summed E-state index contributed by atoms with van der Waals surface area (Å²) in [4.78, 5) is 9.49. The van der Waals surface area contributed by atoms with Crippen LogP contribution in [-0.2, 0) is 12.0 Å². The average Bonchev–Trinajstić information content (AvgIpc) is 3.19. The van der Waals surface area contributed by atoms with E-state index in [2.05, 4.69) is 27.2 Å². The van der Waals surface area contributed by atoms with Gasteiger partial charge in [-0.15, -0.1) is 0 Å². The first kappa shape index (κ1) is 20.3. The predicted octanol–water partition coefficient (Wildman–Crippen LogP) is 2.87. The molecule has 6 nitrogen and oxygen atoms in total. The fourth-order valence-corrected chi connectivity index (χ4v) is 3.46. The Morgan fingerprint density at radius 1 is 1.21 bits per heavy atom. The van der Waals surface area contributed by atoms with Crippen molar-refractivity contribution in [3.63, 3.8) is 0 Å². The van der Waals surface area contributed by atoms with Gasteiger partial charge >= 0.3 is 0 Å². The first-order valence-electron chi connectivity index (χ1n) is 9.89. The molecule has 1 saturated heterocycles. The van der Waals surface area contributed by atoms with E-state index in [0.29, 0.717) is 12.1 Å². The Morgan fingerprint density at radius 3 is 2.61 bits per heavy atom. The summed E-state index contributed by atoms with van der Waals surface area (Å²) in [5, 5.41) is 7.38. The zero-order valence-electron chi connectivity index (χ0n) is 17.0. The number of aliphatic imine (C=N–C) groups is 1. The molecule has 0 unspecified atom stereocenters. The summed E-state index contributed by atoms with van der Waals surface area (Å²) in [7, 11) is 0. The van der Waals surface area contributed by atoms with Gasteiger partial charge < -0.3 is 14.7 Å². The smallest absolute Gasteiger partial charge is 0.194 e. The molecule has 1 aliphatic heterocycles. The Kier molecular flexibility index (Phi) is 6.67. The van der Waals surface area contributed by atoms with Gasteiger partial charge in [-0.25, -0.2) is 4.39 Å². The Bertz CT molecular complexity index is 767. The molecule has 1 N–H and O–H groups in total. The third-order valence-electron chi connectivity index (χ3n) is 5.11. The van der Waals surface area contributed by atoms with E-state index in [1.54, 1.807) is 12.3 Å². The molecule has 0 bridgehead atoms. The lowest BCUT2D eigenvalue weighted by molar-refractivity contribution is 0.169. The van der Waals surface area contributed by atoms with Crippen LogP contribution in [0.2, 0.25) is 0 Å². The molecule has 0 radical (unpaired) electrons. The molecule has 3 rings (SSSR count). The van der Waals surface area contributed by atoms with Crippen molar-refractivity contribution in [3.8, 4) is 0 Å². The second-order valence-electron chi connectivity index (χ2n) is 7.79. The molecule has 7 heteroatoms. The van der Waals surface area contributed by atoms with Gasteiger partial charge in [0, 0.05) is 50.7 Å². The monoisotopic (exact) mass is 387 g/mol. The SMILES string of the molecule is CCNC(=NCC(C)(C)c1ccccc1F)N1CCN(Cc2ccon2)CC1. The van der Waals surface area contributed by atoms with Crippen molar-refractivity contribution in [2.75, 3.05) is 39.3 Å². The maximum absolute atomic E-state index is 14.2. The van der Waals surface area contributed by atoms with Crippen LogP contribution in [0.25, 0.3) is 0 Å². The van der Waals surface area contributed by atoms with Gasteiger partial charge in [0.25, 0.3) is 0 Å². The molecule has 0 spiro atoms. The quantitative estimate of drug-likeness (QED) is 0.610. The Morgan fingerprint density at radius 2 is 1.96 bits per heavy atom. The van der Waals surface area contributed by atoms with Gasteiger partial charge in [-0.2, -0.15) is 0 Å². The van der Waals surface area contributed by atoms with E-state index >= 15 is 0 Å². The van der Waals surface area contributed by atoms with Gasteiger partial charge in [-0.1, -0.05) is 37.2 Å². The zero-order chi connectivity index (χ0) is 20.0. The van der Waals surface area contributed by atoms with Crippen molar-refractivity contribution in [1.82, 2.24) is 20.3 Å². The lowest BCUT2D eigenvalue weighted by Gasteiger charge is -2.36. The van der Waals surface area contributed by atoms with Crippen molar-refractivity contribution in [1.29, 1.82) is 0 Å². The number of aromatic nitrogens is 1. The first-order chi connectivity index (χ1) is 13.5. The van der Waals surface area contributed by atoms with E-state index in [9.17, 15) is 4.39 Å². The number of hydrogen-bond donors (Lipinski definition) is 1. The molecule has 0 aliphatic carbocycles. The summed E-state index contributed by atoms with van der Waals surface area (Å²) in [6.07, 6.45) is 1.61. The second kappa shape index (κ2) is 9.19. The van der Waals surface area contributed by atoms with E-state index in [1.165, 1.54) is 6.07 Å². The Labute approximate surface area is 166 Å². The predicted molar refractivity (Wildman–Crippen MR) is 109 cm³/mol. The third kappa shape index (κ3) is 5.10. The fraction of sp³-hybridized carbons (Fsp3) is 0.524. The molecule has 1 aliphatic rings. The van der Waals surface area contributed by atoms with Gasteiger partial charge in [0.1, 0.15) is 12.1 Å². The van der Waals surface area contributed by atoms with E-state index < -0.39 is 0 Å². The summed E-state index contributed by atoms with van der Waals surface area (Å²) < 4.78 is 19.1. The number of benzene rings is 1. The van der Waals surface area contributed by atoms with Crippen molar-refractivity contribution >= 4 is 5.96 Å². The average molecular weight is 388 g/mol. The van der Waals surface area contributed by atoms with Gasteiger partial charge in [-0.05, 0) is 18.6 Å². The molecular formula is C21H30FN5O. The van der Waals surface area contributed by atoms with Crippen LogP contribution in [0.15, 0.2) is 46.1 Å². The van der Waals surface area contributed by atoms with E-state index in [1.807, 2.05) is 32.0 Å². The molecule has 0 amide bonds. The van der Waals surface area contributed by atoms with Crippen molar-refractivity contribution < 1.29 is 8.91 Å². The van der Waals surface area contributed by atoms with Gasteiger partial charge in [-0.3, -0.25) is 9.89 Å². The number of rotatable bonds is 6.